The third-order valence-corrected chi connectivity index (χ3v) is 4.28. The lowest BCUT2D eigenvalue weighted by molar-refractivity contribution is -0.121. The van der Waals surface area contributed by atoms with Crippen LogP contribution in [0, 0.1) is 0 Å². The van der Waals surface area contributed by atoms with Crippen molar-refractivity contribution in [3.63, 3.8) is 0 Å². The number of amides is 2. The third kappa shape index (κ3) is 3.28. The first-order valence-corrected chi connectivity index (χ1v) is 8.59. The highest BCUT2D eigenvalue weighted by molar-refractivity contribution is 6.47. The Balaban J connectivity index is 1.98. The molecule has 0 spiro atoms. The zero-order valence-corrected chi connectivity index (χ0v) is 15.5. The van der Waals surface area contributed by atoms with E-state index in [9.17, 15) is 14.7 Å². The van der Waals surface area contributed by atoms with Crippen LogP contribution < -0.4 is 9.64 Å². The summed E-state index contributed by atoms with van der Waals surface area (Å²) in [4.78, 5) is 26.1. The lowest BCUT2D eigenvalue weighted by Gasteiger charge is -2.16. The van der Waals surface area contributed by atoms with E-state index >= 15 is 0 Å². The van der Waals surface area contributed by atoms with Gasteiger partial charge in [-0.15, -0.1) is 0 Å². The monoisotopic (exact) mass is 391 g/mol. The molecule has 2 aromatic rings. The van der Waals surface area contributed by atoms with Gasteiger partial charge in [0, 0.05) is 5.02 Å². The van der Waals surface area contributed by atoms with E-state index in [1.165, 1.54) is 12.1 Å². The largest absolute Gasteiger partial charge is 0.502 e. The molecule has 0 fully saturated rings. The highest BCUT2D eigenvalue weighted by Gasteiger charge is 2.41. The SMILES string of the molecule is CC(C)Oc1ccc(C2=C(O)C(=O)N(c3cc(Cl)ccc3Cl)C2=O)cc1. The molecule has 0 atom stereocenters. The van der Waals surface area contributed by atoms with Crippen molar-refractivity contribution in [3.05, 3.63) is 63.8 Å². The van der Waals surface area contributed by atoms with Gasteiger partial charge in [0.25, 0.3) is 5.91 Å². The van der Waals surface area contributed by atoms with Crippen LogP contribution in [0.3, 0.4) is 0 Å². The van der Waals surface area contributed by atoms with Crippen LogP contribution in [0.2, 0.25) is 10.0 Å². The van der Waals surface area contributed by atoms with Gasteiger partial charge in [0.2, 0.25) is 0 Å². The molecular formula is C19H15Cl2NO4. The Bertz CT molecular complexity index is 920. The molecular weight excluding hydrogens is 377 g/mol. The number of anilines is 1. The summed E-state index contributed by atoms with van der Waals surface area (Å²) in [5.41, 5.74) is 0.426. The highest BCUT2D eigenvalue weighted by atomic mass is 35.5. The average Bonchev–Trinajstić information content (AvgIpc) is 2.80. The van der Waals surface area contributed by atoms with Crippen LogP contribution in [0.25, 0.3) is 5.57 Å². The lowest BCUT2D eigenvalue weighted by atomic mass is 10.1. The van der Waals surface area contributed by atoms with Gasteiger partial charge >= 0.3 is 5.91 Å². The quantitative estimate of drug-likeness (QED) is 0.771. The van der Waals surface area contributed by atoms with Gasteiger partial charge in [-0.25, -0.2) is 4.90 Å². The molecule has 1 aliphatic rings. The van der Waals surface area contributed by atoms with E-state index in [1.807, 2.05) is 13.8 Å². The van der Waals surface area contributed by atoms with Gasteiger partial charge in [0.05, 0.1) is 22.4 Å². The zero-order chi connectivity index (χ0) is 19.0. The van der Waals surface area contributed by atoms with Gasteiger partial charge in [-0.2, -0.15) is 0 Å². The fourth-order valence-corrected chi connectivity index (χ4v) is 3.00. The van der Waals surface area contributed by atoms with E-state index in [-0.39, 0.29) is 22.4 Å². The summed E-state index contributed by atoms with van der Waals surface area (Å²) in [7, 11) is 0. The van der Waals surface area contributed by atoms with Gasteiger partial charge in [-0.3, -0.25) is 9.59 Å². The number of carbonyl (C=O) groups is 2. The summed E-state index contributed by atoms with van der Waals surface area (Å²) in [5, 5.41) is 10.7. The van der Waals surface area contributed by atoms with E-state index in [1.54, 1.807) is 30.3 Å². The molecule has 2 amide bonds. The number of carbonyl (C=O) groups excluding carboxylic acids is 2. The van der Waals surface area contributed by atoms with Crippen molar-refractivity contribution in [2.75, 3.05) is 4.90 Å². The summed E-state index contributed by atoms with van der Waals surface area (Å²) in [6.07, 6.45) is 0.00335. The molecule has 7 heteroatoms. The molecule has 1 aliphatic heterocycles. The summed E-state index contributed by atoms with van der Waals surface area (Å²) >= 11 is 12.0. The Hall–Kier alpha value is -2.50. The number of ether oxygens (including phenoxy) is 1. The van der Waals surface area contributed by atoms with Crippen LogP contribution in [0.4, 0.5) is 5.69 Å². The standard InChI is InChI=1S/C19H15Cl2NO4/c1-10(2)26-13-6-3-11(4-7-13)16-17(23)19(25)22(18(16)24)15-9-12(20)5-8-14(15)21/h3-10,23H,1-2H3. The number of benzene rings is 2. The number of hydrogen-bond donors (Lipinski definition) is 1. The van der Waals surface area contributed by atoms with Crippen molar-refractivity contribution < 1.29 is 19.4 Å². The second-order valence-electron chi connectivity index (χ2n) is 5.96. The lowest BCUT2D eigenvalue weighted by Crippen LogP contribution is -2.31. The molecule has 2 aromatic carbocycles. The Morgan fingerprint density at radius 3 is 2.27 bits per heavy atom. The Labute approximate surface area is 160 Å². The molecule has 0 saturated carbocycles. The van der Waals surface area contributed by atoms with Crippen molar-refractivity contribution in [2.24, 2.45) is 0 Å². The van der Waals surface area contributed by atoms with Crippen molar-refractivity contribution in [1.29, 1.82) is 0 Å². The van der Waals surface area contributed by atoms with E-state index in [4.69, 9.17) is 27.9 Å². The van der Waals surface area contributed by atoms with Gasteiger partial charge < -0.3 is 9.84 Å². The molecule has 0 aliphatic carbocycles. The predicted molar refractivity (Wildman–Crippen MR) is 101 cm³/mol. The number of aliphatic hydroxyl groups excluding tert-OH is 1. The third-order valence-electron chi connectivity index (χ3n) is 3.72. The van der Waals surface area contributed by atoms with Gasteiger partial charge in [-0.1, -0.05) is 35.3 Å². The molecule has 26 heavy (non-hydrogen) atoms. The average molecular weight is 392 g/mol. The van der Waals surface area contributed by atoms with Crippen molar-refractivity contribution in [2.45, 2.75) is 20.0 Å². The number of imide groups is 1. The summed E-state index contributed by atoms with van der Waals surface area (Å²) in [6.45, 7) is 3.79. The molecule has 3 rings (SSSR count). The maximum atomic E-state index is 12.8. The molecule has 0 saturated heterocycles. The number of nitrogens with zero attached hydrogens (tertiary/aromatic N) is 1. The molecule has 1 N–H and O–H groups in total. The number of hydrogen-bond acceptors (Lipinski definition) is 4. The molecule has 1 heterocycles. The topological polar surface area (TPSA) is 66.8 Å². The predicted octanol–water partition coefficient (Wildman–Crippen LogP) is 4.62. The smallest absolute Gasteiger partial charge is 0.301 e. The molecule has 0 unspecified atom stereocenters. The molecule has 134 valence electrons. The Kier molecular flexibility index (Phi) is 4.94. The van der Waals surface area contributed by atoms with Gasteiger partial charge in [0.1, 0.15) is 5.75 Å². The van der Waals surface area contributed by atoms with Crippen LogP contribution >= 0.6 is 23.2 Å². The molecule has 0 bridgehead atoms. The van der Waals surface area contributed by atoms with Crippen molar-refractivity contribution in [1.82, 2.24) is 0 Å². The first kappa shape index (κ1) is 18.3. The van der Waals surface area contributed by atoms with Crippen LogP contribution in [-0.2, 0) is 9.59 Å². The highest BCUT2D eigenvalue weighted by Crippen LogP contribution is 2.37. The normalized spacial score (nSPS) is 14.6. The second-order valence-corrected chi connectivity index (χ2v) is 6.80. The van der Waals surface area contributed by atoms with E-state index in [2.05, 4.69) is 0 Å². The second kappa shape index (κ2) is 7.02. The van der Waals surface area contributed by atoms with Crippen LogP contribution in [0.5, 0.6) is 5.75 Å². The van der Waals surface area contributed by atoms with Gasteiger partial charge in [-0.05, 0) is 49.7 Å². The first-order valence-electron chi connectivity index (χ1n) is 7.83. The summed E-state index contributed by atoms with van der Waals surface area (Å²) in [6, 6.07) is 11.0. The van der Waals surface area contributed by atoms with Crippen LogP contribution in [-0.4, -0.2) is 23.0 Å². The maximum absolute atomic E-state index is 12.8. The minimum atomic E-state index is -0.850. The first-order chi connectivity index (χ1) is 12.3. The molecule has 0 radical (unpaired) electrons. The number of halogens is 2. The van der Waals surface area contributed by atoms with Crippen LogP contribution in [0.15, 0.2) is 48.2 Å². The van der Waals surface area contributed by atoms with E-state index in [0.29, 0.717) is 16.3 Å². The molecule has 5 nitrogen and oxygen atoms in total. The van der Waals surface area contributed by atoms with Crippen molar-refractivity contribution in [3.8, 4) is 5.75 Å². The molecule has 0 aromatic heterocycles. The minimum Gasteiger partial charge on any atom is -0.502 e. The van der Waals surface area contributed by atoms with E-state index < -0.39 is 17.6 Å². The fraction of sp³-hybridized carbons (Fsp3) is 0.158. The maximum Gasteiger partial charge on any atom is 0.301 e. The zero-order valence-electron chi connectivity index (χ0n) is 14.0. The Morgan fingerprint density at radius 2 is 1.65 bits per heavy atom. The number of aliphatic hydroxyl groups is 1. The minimum absolute atomic E-state index is 0.00335. The van der Waals surface area contributed by atoms with Gasteiger partial charge in [0.15, 0.2) is 5.76 Å². The summed E-state index contributed by atoms with van der Waals surface area (Å²) < 4.78 is 5.55. The number of rotatable bonds is 4. The summed E-state index contributed by atoms with van der Waals surface area (Å²) in [5.74, 6) is -1.54. The van der Waals surface area contributed by atoms with Crippen LogP contribution in [0.1, 0.15) is 19.4 Å². The van der Waals surface area contributed by atoms with E-state index in [0.717, 1.165) is 4.90 Å². The fourth-order valence-electron chi connectivity index (χ4n) is 2.63. The Morgan fingerprint density at radius 1 is 1.00 bits per heavy atom. The van der Waals surface area contributed by atoms with Crippen molar-refractivity contribution >= 4 is 46.3 Å².